The Morgan fingerprint density at radius 2 is 0.577 bits per heavy atom. The minimum atomic E-state index is -4.93. The van der Waals surface area contributed by atoms with Crippen LogP contribution in [0.25, 0.3) is 111 Å². The van der Waals surface area contributed by atoms with Gasteiger partial charge in [0, 0.05) is 27.1 Å². The summed E-state index contributed by atoms with van der Waals surface area (Å²) in [5, 5.41) is 63.1. The summed E-state index contributed by atoms with van der Waals surface area (Å²) in [6, 6.07) is 72.4. The molecule has 0 aliphatic heterocycles. The number of hydrogen-bond donors (Lipinski definition) is 0. The van der Waals surface area contributed by atoms with E-state index < -0.39 is 11.7 Å². The molecule has 0 saturated heterocycles. The van der Waals surface area contributed by atoms with Crippen LogP contribution in [0.4, 0.5) is 13.2 Å². The van der Waals surface area contributed by atoms with Gasteiger partial charge in [-0.05, 0) is 147 Å². The molecule has 0 bridgehead atoms. The van der Waals surface area contributed by atoms with Gasteiger partial charge in [0.15, 0.2) is 0 Å². The summed E-state index contributed by atoms with van der Waals surface area (Å²) in [5.74, 6) is 0. The first kappa shape index (κ1) is 47.5. The van der Waals surface area contributed by atoms with Crippen molar-refractivity contribution in [3.8, 4) is 103 Å². The number of benzene rings is 10. The Bertz CT molecular complexity index is 4520. The van der Waals surface area contributed by atoms with Gasteiger partial charge in [-0.15, -0.1) is 0 Å². The van der Waals surface area contributed by atoms with Crippen LogP contribution >= 0.6 is 0 Å². The van der Waals surface area contributed by atoms with E-state index in [1.165, 1.54) is 12.1 Å². The lowest BCUT2D eigenvalue weighted by Gasteiger charge is -2.21. The van der Waals surface area contributed by atoms with Crippen molar-refractivity contribution in [3.63, 3.8) is 0 Å². The first-order valence-corrected chi connectivity index (χ1v) is 24.4. The van der Waals surface area contributed by atoms with Gasteiger partial charge in [-0.2, -0.15) is 44.7 Å². The fourth-order valence-electron chi connectivity index (χ4n) is 10.6. The summed E-state index contributed by atoms with van der Waals surface area (Å²) in [6.45, 7) is 0. The van der Waals surface area contributed by atoms with Crippen LogP contribution in [-0.2, 0) is 6.18 Å². The molecular weight excluding hydrogens is 974 g/mol. The Labute approximate surface area is 444 Å². The smallest absolute Gasteiger partial charge is 0.307 e. The summed E-state index contributed by atoms with van der Waals surface area (Å²) in [7, 11) is 0. The zero-order chi connectivity index (χ0) is 53.8. The highest BCUT2D eigenvalue weighted by Gasteiger charge is 2.35. The molecule has 0 saturated carbocycles. The second-order valence-corrected chi connectivity index (χ2v) is 18.7. The van der Waals surface area contributed by atoms with Crippen LogP contribution < -0.4 is 0 Å². The molecule has 12 aromatic rings. The van der Waals surface area contributed by atoms with Gasteiger partial charge in [0.1, 0.15) is 0 Å². The normalized spacial score (nSPS) is 11.2. The molecule has 78 heavy (non-hydrogen) atoms. The molecule has 0 N–H and O–H groups in total. The molecule has 0 spiro atoms. The van der Waals surface area contributed by atoms with Gasteiger partial charge in [0.25, 0.3) is 0 Å². The topological polar surface area (TPSA) is 153 Å². The molecule has 10 aromatic carbocycles. The van der Waals surface area contributed by atoms with E-state index in [2.05, 4.69) is 30.3 Å². The van der Waals surface area contributed by atoms with Crippen LogP contribution in [0.2, 0.25) is 0 Å². The highest BCUT2D eigenvalue weighted by atomic mass is 19.4. The zero-order valence-corrected chi connectivity index (χ0v) is 40.8. The molecule has 12 rings (SSSR count). The number of hydrogen-bond acceptors (Lipinski definition) is 6. The molecule has 0 amide bonds. The van der Waals surface area contributed by atoms with Gasteiger partial charge in [0.05, 0.1) is 109 Å². The van der Waals surface area contributed by atoms with E-state index >= 15 is 13.2 Å². The first-order valence-electron chi connectivity index (χ1n) is 24.4. The Kier molecular flexibility index (Phi) is 11.4. The van der Waals surface area contributed by atoms with E-state index in [4.69, 9.17) is 0 Å². The molecule has 0 aliphatic carbocycles. The second kappa shape index (κ2) is 18.8. The number of nitrogens with zero attached hydrogens (tertiary/aromatic N) is 8. The predicted molar refractivity (Wildman–Crippen MR) is 296 cm³/mol. The lowest BCUT2D eigenvalue weighted by molar-refractivity contribution is -0.137. The van der Waals surface area contributed by atoms with Gasteiger partial charge >= 0.3 is 6.18 Å². The summed E-state index contributed by atoms with van der Waals surface area (Å²) in [5.41, 5.74) is 10.4. The van der Waals surface area contributed by atoms with Crippen molar-refractivity contribution in [1.82, 2.24) is 9.13 Å². The maximum Gasteiger partial charge on any atom is 0.417 e. The quantitative estimate of drug-likeness (QED) is 0.155. The fourth-order valence-corrected chi connectivity index (χ4v) is 10.6. The fraction of sp³-hybridized carbons (Fsp3) is 0.0149. The van der Waals surface area contributed by atoms with E-state index in [0.29, 0.717) is 55.7 Å². The Morgan fingerprint density at radius 3 is 0.872 bits per heavy atom. The third kappa shape index (κ3) is 8.08. The van der Waals surface area contributed by atoms with Crippen molar-refractivity contribution in [3.05, 3.63) is 239 Å². The molecule has 0 unspecified atom stereocenters. The predicted octanol–water partition coefficient (Wildman–Crippen LogP) is 16.5. The molecule has 2 aromatic heterocycles. The van der Waals surface area contributed by atoms with Crippen LogP contribution in [0, 0.1) is 68.0 Å². The van der Waals surface area contributed by atoms with Gasteiger partial charge in [-0.3, -0.25) is 0 Å². The number of aromatic nitrogens is 2. The van der Waals surface area contributed by atoms with E-state index in [9.17, 15) is 31.6 Å². The highest BCUT2D eigenvalue weighted by molar-refractivity contribution is 6.14. The largest absolute Gasteiger partial charge is 0.417 e. The molecule has 0 radical (unpaired) electrons. The second-order valence-electron chi connectivity index (χ2n) is 18.7. The molecule has 11 heteroatoms. The summed E-state index contributed by atoms with van der Waals surface area (Å²) < 4.78 is 50.3. The van der Waals surface area contributed by atoms with Crippen LogP contribution in [0.5, 0.6) is 0 Å². The molecule has 0 atom stereocenters. The molecule has 0 fully saturated rings. The first-order chi connectivity index (χ1) is 38.0. The van der Waals surface area contributed by atoms with E-state index in [1.54, 1.807) is 60.7 Å². The van der Waals surface area contributed by atoms with Crippen molar-refractivity contribution >= 4 is 43.6 Å². The number of alkyl halides is 3. The molecule has 362 valence electrons. The highest BCUT2D eigenvalue weighted by Crippen LogP contribution is 2.46. The summed E-state index contributed by atoms with van der Waals surface area (Å²) in [4.78, 5) is 0. The third-order valence-corrected chi connectivity index (χ3v) is 14.4. The standard InChI is InChI=1S/C67H33F3N8/c68-67(69,70)60-27-44(38-75)9-22-54(60)59-33-66(78-63-30-51(47-14-5-42(36-73)6-15-47)20-25-57(63)58-26-21-52(31-64(58)78)48-16-7-43(37-74)8-17-48)65(32-53(59)39-76)77-61-28-49(45-10-1-40(34-71)2-11-45)18-23-55(61)56-24-19-50(29-62(56)77)46-12-3-41(35-72)4-13-46/h1-33H. The molecule has 2 heterocycles. The van der Waals surface area contributed by atoms with E-state index in [0.717, 1.165) is 72.1 Å². The Morgan fingerprint density at radius 1 is 0.282 bits per heavy atom. The third-order valence-electron chi connectivity index (χ3n) is 14.4. The maximum atomic E-state index is 15.4. The average Bonchev–Trinajstić information content (AvgIpc) is 4.04. The Hall–Kier alpha value is -11.5. The summed E-state index contributed by atoms with van der Waals surface area (Å²) in [6.07, 6.45) is -4.93. The summed E-state index contributed by atoms with van der Waals surface area (Å²) >= 11 is 0. The lowest BCUT2D eigenvalue weighted by Crippen LogP contribution is -2.10. The maximum absolute atomic E-state index is 15.4. The van der Waals surface area contributed by atoms with Crippen LogP contribution in [-0.4, -0.2) is 9.13 Å². The van der Waals surface area contributed by atoms with Crippen molar-refractivity contribution in [2.24, 2.45) is 0 Å². The minimum absolute atomic E-state index is 0.0214. The van der Waals surface area contributed by atoms with Crippen molar-refractivity contribution < 1.29 is 13.2 Å². The van der Waals surface area contributed by atoms with Gasteiger partial charge in [-0.25, -0.2) is 0 Å². The average molecular weight is 1010 g/mol. The molecule has 8 nitrogen and oxygen atoms in total. The number of rotatable bonds is 7. The minimum Gasteiger partial charge on any atom is -0.307 e. The van der Waals surface area contributed by atoms with Crippen molar-refractivity contribution in [2.75, 3.05) is 0 Å². The Balaban J connectivity index is 1.26. The van der Waals surface area contributed by atoms with E-state index in [-0.39, 0.29) is 22.3 Å². The number of nitriles is 6. The van der Waals surface area contributed by atoms with E-state index in [1.807, 2.05) is 137 Å². The number of fused-ring (bicyclic) bond motifs is 6. The van der Waals surface area contributed by atoms with Gasteiger partial charge in [-0.1, -0.05) is 103 Å². The van der Waals surface area contributed by atoms with Gasteiger partial charge in [0.2, 0.25) is 0 Å². The lowest BCUT2D eigenvalue weighted by atomic mass is 9.92. The van der Waals surface area contributed by atoms with Crippen molar-refractivity contribution in [1.29, 1.82) is 31.6 Å². The SMILES string of the molecule is N#Cc1ccc(-c2ccc3c4ccc(-c5ccc(C#N)cc5)cc4n(-c4cc(C#N)c(-c5ccc(C#N)cc5C(F)(F)F)cc4-n4c5cc(-c6ccc(C#N)cc6)ccc5c5ccc(-c6ccc(C#N)cc6)cc54)c3c2)cc1. The number of halogens is 3. The molecule has 0 aliphatic rings. The van der Waals surface area contributed by atoms with Gasteiger partial charge < -0.3 is 9.13 Å². The van der Waals surface area contributed by atoms with Crippen LogP contribution in [0.1, 0.15) is 38.9 Å². The van der Waals surface area contributed by atoms with Crippen molar-refractivity contribution in [2.45, 2.75) is 6.18 Å². The zero-order valence-electron chi connectivity index (χ0n) is 40.8. The molecular formula is C67H33F3N8. The van der Waals surface area contributed by atoms with Crippen LogP contribution in [0.15, 0.2) is 200 Å². The monoisotopic (exact) mass is 1010 g/mol. The van der Waals surface area contributed by atoms with Crippen LogP contribution in [0.3, 0.4) is 0 Å².